The molecule has 8 heteroatoms. The van der Waals surface area contributed by atoms with Crippen LogP contribution in [0.2, 0.25) is 0 Å². The van der Waals surface area contributed by atoms with Gasteiger partial charge in [-0.3, -0.25) is 19.6 Å². The second-order valence-corrected chi connectivity index (χ2v) is 7.22. The molecular formula is C21H20N6O2. The Hall–Kier alpha value is -3.68. The summed E-state index contributed by atoms with van der Waals surface area (Å²) >= 11 is 0. The Balaban J connectivity index is 1.22. The minimum absolute atomic E-state index is 0.0805. The smallest absolute Gasteiger partial charge is 0.229 e. The summed E-state index contributed by atoms with van der Waals surface area (Å²) in [6.07, 6.45) is 1.97. The SMILES string of the molecule is O=C(NCCn1cnc2ccccc21)[C@@H]1CC(=O)N(c2n[nH]c3ccccc23)C1. The van der Waals surface area contributed by atoms with E-state index in [1.807, 2.05) is 53.1 Å². The molecular weight excluding hydrogens is 368 g/mol. The van der Waals surface area contributed by atoms with Crippen LogP contribution in [0.3, 0.4) is 0 Å². The summed E-state index contributed by atoms with van der Waals surface area (Å²) in [6.45, 7) is 1.45. The second kappa shape index (κ2) is 7.05. The largest absolute Gasteiger partial charge is 0.354 e. The van der Waals surface area contributed by atoms with E-state index >= 15 is 0 Å². The zero-order chi connectivity index (χ0) is 19.8. The van der Waals surface area contributed by atoms with Gasteiger partial charge in [-0.25, -0.2) is 4.98 Å². The van der Waals surface area contributed by atoms with Crippen molar-refractivity contribution in [2.45, 2.75) is 13.0 Å². The molecule has 0 bridgehead atoms. The van der Waals surface area contributed by atoms with Gasteiger partial charge in [0, 0.05) is 31.4 Å². The molecule has 0 unspecified atom stereocenters. The van der Waals surface area contributed by atoms with E-state index in [1.165, 1.54) is 0 Å². The number of amides is 2. The van der Waals surface area contributed by atoms with Crippen molar-refractivity contribution < 1.29 is 9.59 Å². The first-order valence-corrected chi connectivity index (χ1v) is 9.62. The topological polar surface area (TPSA) is 95.9 Å². The van der Waals surface area contributed by atoms with Crippen LogP contribution in [0.1, 0.15) is 6.42 Å². The Kier molecular flexibility index (Phi) is 4.23. The molecule has 2 aromatic carbocycles. The van der Waals surface area contributed by atoms with Crippen LogP contribution in [0, 0.1) is 5.92 Å². The Bertz CT molecular complexity index is 1210. The Morgan fingerprint density at radius 3 is 2.93 bits per heavy atom. The first-order chi connectivity index (χ1) is 14.2. The van der Waals surface area contributed by atoms with Gasteiger partial charge in [0.25, 0.3) is 0 Å². The quantitative estimate of drug-likeness (QED) is 0.547. The number of para-hydroxylation sites is 3. The van der Waals surface area contributed by atoms with Crippen LogP contribution >= 0.6 is 0 Å². The predicted molar refractivity (Wildman–Crippen MR) is 109 cm³/mol. The number of imidazole rings is 1. The zero-order valence-corrected chi connectivity index (χ0v) is 15.7. The highest BCUT2D eigenvalue weighted by molar-refractivity contribution is 6.05. The van der Waals surface area contributed by atoms with Gasteiger partial charge in [-0.05, 0) is 24.3 Å². The van der Waals surface area contributed by atoms with E-state index in [0.717, 1.165) is 21.9 Å². The number of rotatable bonds is 5. The van der Waals surface area contributed by atoms with Crippen LogP contribution in [0.4, 0.5) is 5.82 Å². The standard InChI is InChI=1S/C21H20N6O2/c28-19-11-14(12-27(19)20-15-5-1-2-6-16(15)24-25-20)21(29)22-9-10-26-13-23-17-7-3-4-8-18(17)26/h1-8,13-14H,9-12H2,(H,22,29)(H,24,25)/t14-/m1/s1. The van der Waals surface area contributed by atoms with Gasteiger partial charge in [-0.2, -0.15) is 5.10 Å². The van der Waals surface area contributed by atoms with Gasteiger partial charge < -0.3 is 9.88 Å². The fourth-order valence-electron chi connectivity index (χ4n) is 3.88. The zero-order valence-electron chi connectivity index (χ0n) is 15.7. The molecule has 0 spiro atoms. The molecule has 1 atom stereocenters. The average Bonchev–Trinajstić information content (AvgIpc) is 3.45. The van der Waals surface area contributed by atoms with Gasteiger partial charge >= 0.3 is 0 Å². The monoisotopic (exact) mass is 388 g/mol. The molecule has 2 N–H and O–H groups in total. The third-order valence-corrected chi connectivity index (χ3v) is 5.38. The number of nitrogens with one attached hydrogen (secondary N) is 2. The third kappa shape index (κ3) is 3.12. The number of hydrogen-bond acceptors (Lipinski definition) is 4. The number of H-pyrrole nitrogens is 1. The van der Waals surface area contributed by atoms with Crippen molar-refractivity contribution in [3.63, 3.8) is 0 Å². The van der Waals surface area contributed by atoms with Crippen molar-refractivity contribution in [3.05, 3.63) is 54.9 Å². The first-order valence-electron chi connectivity index (χ1n) is 9.62. The lowest BCUT2D eigenvalue weighted by molar-refractivity contribution is -0.126. The highest BCUT2D eigenvalue weighted by Gasteiger charge is 2.36. The van der Waals surface area contributed by atoms with Crippen LogP contribution in [0.5, 0.6) is 0 Å². The van der Waals surface area contributed by atoms with Crippen molar-refractivity contribution >= 4 is 39.6 Å². The number of carbonyl (C=O) groups excluding carboxylic acids is 2. The molecule has 0 radical (unpaired) electrons. The molecule has 1 aliphatic heterocycles. The molecule has 0 saturated carbocycles. The number of nitrogens with zero attached hydrogens (tertiary/aromatic N) is 4. The van der Waals surface area contributed by atoms with Crippen molar-refractivity contribution in [1.29, 1.82) is 0 Å². The van der Waals surface area contributed by atoms with Gasteiger partial charge in [-0.1, -0.05) is 24.3 Å². The number of anilines is 1. The summed E-state index contributed by atoms with van der Waals surface area (Å²) in [5.41, 5.74) is 2.84. The molecule has 4 aromatic rings. The molecule has 1 aliphatic rings. The molecule has 5 rings (SSSR count). The maximum absolute atomic E-state index is 12.6. The first kappa shape index (κ1) is 17.4. The normalized spacial score (nSPS) is 16.8. The minimum Gasteiger partial charge on any atom is -0.354 e. The molecule has 8 nitrogen and oxygen atoms in total. The van der Waals surface area contributed by atoms with Crippen LogP contribution in [0.25, 0.3) is 21.9 Å². The summed E-state index contributed by atoms with van der Waals surface area (Å²) in [5.74, 6) is 0.0244. The molecule has 29 heavy (non-hydrogen) atoms. The molecule has 2 aromatic heterocycles. The molecule has 3 heterocycles. The van der Waals surface area contributed by atoms with Crippen LogP contribution in [-0.4, -0.2) is 44.7 Å². The van der Waals surface area contributed by atoms with Crippen molar-refractivity contribution in [1.82, 2.24) is 25.1 Å². The number of benzene rings is 2. The predicted octanol–water partition coefficient (Wildman–Crippen LogP) is 2.08. The molecule has 1 saturated heterocycles. The minimum atomic E-state index is -0.377. The van der Waals surface area contributed by atoms with Crippen LogP contribution in [-0.2, 0) is 16.1 Å². The van der Waals surface area contributed by atoms with E-state index in [0.29, 0.717) is 25.5 Å². The fraction of sp³-hybridized carbons (Fsp3) is 0.238. The van der Waals surface area contributed by atoms with Crippen molar-refractivity contribution in [2.24, 2.45) is 5.92 Å². The van der Waals surface area contributed by atoms with Gasteiger partial charge in [0.05, 0.1) is 28.8 Å². The summed E-state index contributed by atoms with van der Waals surface area (Å²) in [5, 5.41) is 11.1. The second-order valence-electron chi connectivity index (χ2n) is 7.22. The lowest BCUT2D eigenvalue weighted by atomic mass is 10.1. The lowest BCUT2D eigenvalue weighted by Crippen LogP contribution is -2.34. The number of fused-ring (bicyclic) bond motifs is 2. The number of aromatic nitrogens is 4. The lowest BCUT2D eigenvalue weighted by Gasteiger charge is -2.14. The average molecular weight is 388 g/mol. The summed E-state index contributed by atoms with van der Waals surface area (Å²) in [7, 11) is 0. The van der Waals surface area contributed by atoms with Gasteiger partial charge in [-0.15, -0.1) is 0 Å². The highest BCUT2D eigenvalue weighted by atomic mass is 16.2. The van der Waals surface area contributed by atoms with E-state index in [-0.39, 0.29) is 24.2 Å². The summed E-state index contributed by atoms with van der Waals surface area (Å²) in [6, 6.07) is 15.5. The van der Waals surface area contributed by atoms with Crippen molar-refractivity contribution in [2.75, 3.05) is 18.0 Å². The van der Waals surface area contributed by atoms with E-state index in [1.54, 1.807) is 11.2 Å². The van der Waals surface area contributed by atoms with Gasteiger partial charge in [0.1, 0.15) is 0 Å². The Morgan fingerprint density at radius 2 is 2.00 bits per heavy atom. The number of aromatic amines is 1. The van der Waals surface area contributed by atoms with Crippen LogP contribution < -0.4 is 10.2 Å². The Labute approximate surface area is 166 Å². The van der Waals surface area contributed by atoms with E-state index < -0.39 is 0 Å². The highest BCUT2D eigenvalue weighted by Crippen LogP contribution is 2.29. The molecule has 2 amide bonds. The number of hydrogen-bond donors (Lipinski definition) is 2. The molecule has 146 valence electrons. The summed E-state index contributed by atoms with van der Waals surface area (Å²) < 4.78 is 2.01. The maximum Gasteiger partial charge on any atom is 0.229 e. The van der Waals surface area contributed by atoms with E-state index in [9.17, 15) is 9.59 Å². The summed E-state index contributed by atoms with van der Waals surface area (Å²) in [4.78, 5) is 31.1. The molecule has 1 fully saturated rings. The van der Waals surface area contributed by atoms with Crippen molar-refractivity contribution in [3.8, 4) is 0 Å². The van der Waals surface area contributed by atoms with Gasteiger partial charge in [0.2, 0.25) is 11.8 Å². The van der Waals surface area contributed by atoms with E-state index in [4.69, 9.17) is 0 Å². The van der Waals surface area contributed by atoms with Gasteiger partial charge in [0.15, 0.2) is 5.82 Å². The fourth-order valence-corrected chi connectivity index (χ4v) is 3.88. The Morgan fingerprint density at radius 1 is 1.17 bits per heavy atom. The molecule has 0 aliphatic carbocycles. The number of carbonyl (C=O) groups is 2. The maximum atomic E-state index is 12.6. The van der Waals surface area contributed by atoms with Crippen LogP contribution in [0.15, 0.2) is 54.9 Å². The van der Waals surface area contributed by atoms with E-state index in [2.05, 4.69) is 20.5 Å². The third-order valence-electron chi connectivity index (χ3n) is 5.38.